The molecule has 0 heterocycles. The molecule has 0 radical (unpaired) electrons. The van der Waals surface area contributed by atoms with Gasteiger partial charge in [0.05, 0.1) is 0 Å². The van der Waals surface area contributed by atoms with Crippen LogP contribution in [0.5, 0.6) is 0 Å². The van der Waals surface area contributed by atoms with E-state index in [1.807, 2.05) is 6.07 Å². The number of anilines is 1. The smallest absolute Gasteiger partial charge is 0.124 e. The Kier molecular flexibility index (Phi) is 4.02. The minimum atomic E-state index is -0.184. The molecule has 0 amide bonds. The van der Waals surface area contributed by atoms with Gasteiger partial charge < -0.3 is 11.1 Å². The topological polar surface area (TPSA) is 38.0 Å². The summed E-state index contributed by atoms with van der Waals surface area (Å²) < 4.78 is 13.9. The Balaban J connectivity index is 2.08. The Morgan fingerprint density at radius 1 is 1.44 bits per heavy atom. The second-order valence-electron chi connectivity index (χ2n) is 4.30. The highest BCUT2D eigenvalue weighted by Gasteiger charge is 2.26. The molecule has 2 unspecified atom stereocenters. The van der Waals surface area contributed by atoms with E-state index in [2.05, 4.69) is 27.9 Å². The fourth-order valence-corrected chi connectivity index (χ4v) is 2.95. The third kappa shape index (κ3) is 2.66. The molecule has 1 aliphatic carbocycles. The zero-order valence-corrected chi connectivity index (χ0v) is 11.2. The van der Waals surface area contributed by atoms with Gasteiger partial charge in [0.1, 0.15) is 5.82 Å². The molecular formula is C12H16FIN2. The van der Waals surface area contributed by atoms with Crippen LogP contribution >= 0.6 is 22.6 Å². The Morgan fingerprint density at radius 3 is 2.94 bits per heavy atom. The molecule has 0 aliphatic heterocycles. The predicted molar refractivity (Wildman–Crippen MR) is 72.9 cm³/mol. The highest BCUT2D eigenvalue weighted by molar-refractivity contribution is 14.1. The van der Waals surface area contributed by atoms with Crippen molar-refractivity contribution in [3.05, 3.63) is 27.6 Å². The second kappa shape index (κ2) is 5.31. The van der Waals surface area contributed by atoms with E-state index < -0.39 is 0 Å². The molecule has 3 N–H and O–H groups in total. The van der Waals surface area contributed by atoms with Crippen LogP contribution < -0.4 is 11.1 Å². The normalized spacial score (nSPS) is 24.7. The van der Waals surface area contributed by atoms with Gasteiger partial charge in [-0.25, -0.2) is 4.39 Å². The van der Waals surface area contributed by atoms with Crippen LogP contribution in [0.15, 0.2) is 18.2 Å². The van der Waals surface area contributed by atoms with E-state index in [0.29, 0.717) is 12.0 Å². The van der Waals surface area contributed by atoms with E-state index >= 15 is 0 Å². The first-order chi connectivity index (χ1) is 7.70. The molecule has 2 atom stereocenters. The van der Waals surface area contributed by atoms with Gasteiger partial charge in [0, 0.05) is 15.3 Å². The maximum Gasteiger partial charge on any atom is 0.124 e. The standard InChI is InChI=1S/C12H16FIN2/c13-9-4-5-12(10(14)6-9)16-11-3-1-2-8(11)7-15/h4-6,8,11,16H,1-3,7,15H2. The molecule has 0 aromatic heterocycles. The lowest BCUT2D eigenvalue weighted by atomic mass is 10.0. The fraction of sp³-hybridized carbons (Fsp3) is 0.500. The second-order valence-corrected chi connectivity index (χ2v) is 5.46. The largest absolute Gasteiger partial charge is 0.381 e. The Labute approximate surface area is 109 Å². The van der Waals surface area contributed by atoms with Crippen LogP contribution in [-0.2, 0) is 0 Å². The van der Waals surface area contributed by atoms with Gasteiger partial charge in [0.2, 0.25) is 0 Å². The molecule has 1 saturated carbocycles. The van der Waals surface area contributed by atoms with Crippen LogP contribution in [0, 0.1) is 15.3 Å². The monoisotopic (exact) mass is 334 g/mol. The van der Waals surface area contributed by atoms with Crippen LogP contribution in [0.1, 0.15) is 19.3 Å². The first kappa shape index (κ1) is 12.1. The highest BCUT2D eigenvalue weighted by Crippen LogP contribution is 2.29. The summed E-state index contributed by atoms with van der Waals surface area (Å²) in [6.45, 7) is 0.732. The molecule has 0 bridgehead atoms. The Hall–Kier alpha value is -0.360. The number of nitrogens with one attached hydrogen (secondary N) is 1. The molecule has 2 rings (SSSR count). The highest BCUT2D eigenvalue weighted by atomic mass is 127. The van der Waals surface area contributed by atoms with Crippen molar-refractivity contribution < 1.29 is 4.39 Å². The van der Waals surface area contributed by atoms with E-state index in [4.69, 9.17) is 5.73 Å². The molecule has 1 aromatic rings. The van der Waals surface area contributed by atoms with Gasteiger partial charge in [0.25, 0.3) is 0 Å². The molecular weight excluding hydrogens is 318 g/mol. The van der Waals surface area contributed by atoms with E-state index in [1.54, 1.807) is 6.07 Å². The van der Waals surface area contributed by atoms with Crippen molar-refractivity contribution in [1.29, 1.82) is 0 Å². The number of benzene rings is 1. The maximum absolute atomic E-state index is 13.0. The van der Waals surface area contributed by atoms with Crippen LogP contribution in [0.2, 0.25) is 0 Å². The van der Waals surface area contributed by atoms with Crippen LogP contribution in [0.4, 0.5) is 10.1 Å². The van der Waals surface area contributed by atoms with Crippen molar-refractivity contribution >= 4 is 28.3 Å². The third-order valence-corrected chi connectivity index (χ3v) is 4.13. The van der Waals surface area contributed by atoms with E-state index in [0.717, 1.165) is 22.2 Å². The van der Waals surface area contributed by atoms with Crippen LogP contribution in [-0.4, -0.2) is 12.6 Å². The fourth-order valence-electron chi connectivity index (χ4n) is 2.32. The van der Waals surface area contributed by atoms with Gasteiger partial charge in [-0.15, -0.1) is 0 Å². The summed E-state index contributed by atoms with van der Waals surface area (Å²) in [4.78, 5) is 0. The predicted octanol–water partition coefficient (Wildman–Crippen LogP) is 2.97. The summed E-state index contributed by atoms with van der Waals surface area (Å²) in [6.07, 6.45) is 3.60. The molecule has 1 aromatic carbocycles. The third-order valence-electron chi connectivity index (χ3n) is 3.23. The summed E-state index contributed by atoms with van der Waals surface area (Å²) in [5, 5.41) is 3.48. The van der Waals surface area contributed by atoms with Crippen molar-refractivity contribution in [2.45, 2.75) is 25.3 Å². The molecule has 88 valence electrons. The minimum absolute atomic E-state index is 0.184. The maximum atomic E-state index is 13.0. The molecule has 1 fully saturated rings. The summed E-state index contributed by atoms with van der Waals surface area (Å²) in [7, 11) is 0. The SMILES string of the molecule is NCC1CCCC1Nc1ccc(F)cc1I. The molecule has 4 heteroatoms. The summed E-state index contributed by atoms with van der Waals surface area (Å²) in [5.74, 6) is 0.373. The lowest BCUT2D eigenvalue weighted by molar-refractivity contribution is 0.516. The van der Waals surface area contributed by atoms with Gasteiger partial charge in [0.15, 0.2) is 0 Å². The summed E-state index contributed by atoms with van der Waals surface area (Å²) in [5.41, 5.74) is 6.76. The van der Waals surface area contributed by atoms with Gasteiger partial charge in [-0.3, -0.25) is 0 Å². The van der Waals surface area contributed by atoms with Crippen molar-refractivity contribution in [3.8, 4) is 0 Å². The summed E-state index contributed by atoms with van der Waals surface area (Å²) in [6, 6.07) is 5.30. The molecule has 1 aliphatic rings. The van der Waals surface area contributed by atoms with Gasteiger partial charge in [-0.1, -0.05) is 6.42 Å². The molecule has 16 heavy (non-hydrogen) atoms. The van der Waals surface area contributed by atoms with Crippen molar-refractivity contribution in [3.63, 3.8) is 0 Å². The molecule has 0 spiro atoms. The van der Waals surface area contributed by atoms with E-state index in [9.17, 15) is 4.39 Å². The summed E-state index contributed by atoms with van der Waals surface area (Å²) >= 11 is 2.16. The van der Waals surface area contributed by atoms with Gasteiger partial charge >= 0.3 is 0 Å². The number of nitrogens with two attached hydrogens (primary N) is 1. The van der Waals surface area contributed by atoms with Crippen LogP contribution in [0.3, 0.4) is 0 Å². The van der Waals surface area contributed by atoms with Gasteiger partial charge in [-0.05, 0) is 66.1 Å². The molecule has 0 saturated heterocycles. The number of hydrogen-bond donors (Lipinski definition) is 2. The lowest BCUT2D eigenvalue weighted by Gasteiger charge is -2.21. The number of hydrogen-bond acceptors (Lipinski definition) is 2. The first-order valence-corrected chi connectivity index (χ1v) is 6.70. The van der Waals surface area contributed by atoms with Crippen molar-refractivity contribution in [2.75, 3.05) is 11.9 Å². The Morgan fingerprint density at radius 2 is 2.25 bits per heavy atom. The molecule has 2 nitrogen and oxygen atoms in total. The quantitative estimate of drug-likeness (QED) is 0.834. The zero-order chi connectivity index (χ0) is 11.5. The lowest BCUT2D eigenvalue weighted by Crippen LogP contribution is -2.29. The average molecular weight is 334 g/mol. The van der Waals surface area contributed by atoms with Crippen molar-refractivity contribution in [2.24, 2.45) is 11.7 Å². The first-order valence-electron chi connectivity index (χ1n) is 5.62. The minimum Gasteiger partial charge on any atom is -0.381 e. The van der Waals surface area contributed by atoms with E-state index in [-0.39, 0.29) is 5.82 Å². The number of halogens is 2. The number of rotatable bonds is 3. The van der Waals surface area contributed by atoms with Crippen molar-refractivity contribution in [1.82, 2.24) is 0 Å². The van der Waals surface area contributed by atoms with Gasteiger partial charge in [-0.2, -0.15) is 0 Å². The Bertz CT molecular complexity index is 370. The van der Waals surface area contributed by atoms with E-state index in [1.165, 1.54) is 18.9 Å². The average Bonchev–Trinajstić information content (AvgIpc) is 2.69. The van der Waals surface area contributed by atoms with Crippen LogP contribution in [0.25, 0.3) is 0 Å². The zero-order valence-electron chi connectivity index (χ0n) is 9.05.